The molecule has 0 aliphatic carbocycles. The Hall–Kier alpha value is -3.42. The van der Waals surface area contributed by atoms with E-state index in [1.54, 1.807) is 36.5 Å². The molecule has 11 nitrogen and oxygen atoms in total. The molecule has 0 radical (unpaired) electrons. The predicted molar refractivity (Wildman–Crippen MR) is 162 cm³/mol. The molecule has 2 saturated heterocycles. The first-order chi connectivity index (χ1) is 20.3. The number of anilines is 2. The fourth-order valence-electron chi connectivity index (χ4n) is 5.01. The maximum absolute atomic E-state index is 13.1. The van der Waals surface area contributed by atoms with Crippen LogP contribution in [0.4, 0.5) is 11.6 Å². The van der Waals surface area contributed by atoms with Gasteiger partial charge in [0, 0.05) is 81.4 Å². The summed E-state index contributed by atoms with van der Waals surface area (Å²) in [5.74, 6) is 0.443. The van der Waals surface area contributed by atoms with Gasteiger partial charge in [0.2, 0.25) is 16.0 Å². The van der Waals surface area contributed by atoms with Gasteiger partial charge in [-0.25, -0.2) is 18.4 Å². The molecule has 0 bridgehead atoms. The van der Waals surface area contributed by atoms with E-state index in [1.807, 2.05) is 29.2 Å². The Labute approximate surface area is 247 Å². The lowest BCUT2D eigenvalue weighted by Gasteiger charge is -2.35. The molecule has 2 fully saturated rings. The standard InChI is InChI=1S/C30H39N7O4S/c1-23(2)31-13-14-35-15-17-36(18-16-35)29(38)25-3-7-26(8-4-25)33-30-32-12-11-28(34-30)24-5-9-27(10-6-24)42(39,40)37-19-21-41-22-20-37/h3-12,23,31H,13-22H2,1-2H3,(H,32,33,34). The van der Waals surface area contributed by atoms with Crippen LogP contribution in [0.3, 0.4) is 0 Å². The number of aromatic nitrogens is 2. The molecule has 0 spiro atoms. The van der Waals surface area contributed by atoms with Gasteiger partial charge in [-0.3, -0.25) is 9.69 Å². The van der Waals surface area contributed by atoms with Gasteiger partial charge in [0.25, 0.3) is 5.91 Å². The molecule has 2 aliphatic heterocycles. The SMILES string of the molecule is CC(C)NCCN1CCN(C(=O)c2ccc(Nc3nccc(-c4ccc(S(=O)(=O)N5CCOCC5)cc4)n3)cc2)CC1. The zero-order chi connectivity index (χ0) is 29.5. The number of nitrogens with one attached hydrogen (secondary N) is 2. The fourth-order valence-corrected chi connectivity index (χ4v) is 6.42. The number of amides is 1. The molecule has 224 valence electrons. The van der Waals surface area contributed by atoms with Gasteiger partial charge in [-0.2, -0.15) is 4.31 Å². The van der Waals surface area contributed by atoms with Crippen molar-refractivity contribution in [1.29, 1.82) is 0 Å². The van der Waals surface area contributed by atoms with Crippen molar-refractivity contribution >= 4 is 27.6 Å². The van der Waals surface area contributed by atoms with Gasteiger partial charge in [0.1, 0.15) is 0 Å². The Morgan fingerprint density at radius 3 is 2.29 bits per heavy atom. The number of hydrogen-bond acceptors (Lipinski definition) is 9. The molecule has 12 heteroatoms. The highest BCUT2D eigenvalue weighted by Gasteiger charge is 2.26. The molecule has 5 rings (SSSR count). The lowest BCUT2D eigenvalue weighted by atomic mass is 10.1. The summed E-state index contributed by atoms with van der Waals surface area (Å²) >= 11 is 0. The van der Waals surface area contributed by atoms with Gasteiger partial charge in [-0.05, 0) is 42.5 Å². The van der Waals surface area contributed by atoms with Crippen molar-refractivity contribution in [2.24, 2.45) is 0 Å². The summed E-state index contributed by atoms with van der Waals surface area (Å²) in [4.78, 5) is 26.5. The van der Waals surface area contributed by atoms with Crippen LogP contribution in [0.2, 0.25) is 0 Å². The van der Waals surface area contributed by atoms with Crippen LogP contribution in [0.15, 0.2) is 65.7 Å². The van der Waals surface area contributed by atoms with E-state index in [4.69, 9.17) is 4.74 Å². The summed E-state index contributed by atoms with van der Waals surface area (Å²) in [6.07, 6.45) is 1.65. The Bertz CT molecular complexity index is 1440. The highest BCUT2D eigenvalue weighted by molar-refractivity contribution is 7.89. The van der Waals surface area contributed by atoms with Crippen molar-refractivity contribution in [2.45, 2.75) is 24.8 Å². The highest BCUT2D eigenvalue weighted by atomic mass is 32.2. The van der Waals surface area contributed by atoms with E-state index in [0.29, 0.717) is 49.6 Å². The van der Waals surface area contributed by atoms with Gasteiger partial charge in [-0.15, -0.1) is 0 Å². The van der Waals surface area contributed by atoms with Crippen LogP contribution in [0.1, 0.15) is 24.2 Å². The quantitative estimate of drug-likeness (QED) is 0.366. The number of ether oxygens (including phenoxy) is 1. The number of carbonyl (C=O) groups excluding carboxylic acids is 1. The Balaban J connectivity index is 1.17. The number of benzene rings is 2. The van der Waals surface area contributed by atoms with Crippen molar-refractivity contribution in [1.82, 2.24) is 29.4 Å². The molecule has 0 atom stereocenters. The molecule has 0 unspecified atom stereocenters. The van der Waals surface area contributed by atoms with Crippen molar-refractivity contribution in [2.75, 3.05) is 70.9 Å². The number of piperazine rings is 1. The molecule has 2 N–H and O–H groups in total. The van der Waals surface area contributed by atoms with Gasteiger partial charge in [-0.1, -0.05) is 26.0 Å². The molecular weight excluding hydrogens is 554 g/mol. The second kappa shape index (κ2) is 13.7. The molecule has 1 aromatic heterocycles. The summed E-state index contributed by atoms with van der Waals surface area (Å²) in [6.45, 7) is 11.0. The maximum atomic E-state index is 13.1. The number of nitrogens with zero attached hydrogens (tertiary/aromatic N) is 5. The van der Waals surface area contributed by atoms with Crippen LogP contribution in [0.5, 0.6) is 0 Å². The molecular formula is C30H39N7O4S. The fraction of sp³-hybridized carbons (Fsp3) is 0.433. The second-order valence-corrected chi connectivity index (χ2v) is 12.7. The first-order valence-electron chi connectivity index (χ1n) is 14.4. The van der Waals surface area contributed by atoms with E-state index < -0.39 is 10.0 Å². The largest absolute Gasteiger partial charge is 0.379 e. The molecule has 2 aliphatic rings. The number of rotatable bonds is 10. The lowest BCUT2D eigenvalue weighted by molar-refractivity contribution is 0.0638. The predicted octanol–water partition coefficient (Wildman–Crippen LogP) is 2.66. The van der Waals surface area contributed by atoms with Crippen LogP contribution in [0.25, 0.3) is 11.3 Å². The minimum Gasteiger partial charge on any atom is -0.379 e. The summed E-state index contributed by atoms with van der Waals surface area (Å²) < 4.78 is 32.6. The number of hydrogen-bond donors (Lipinski definition) is 2. The normalized spacial score (nSPS) is 17.0. The van der Waals surface area contributed by atoms with E-state index in [9.17, 15) is 13.2 Å². The van der Waals surface area contributed by atoms with Crippen LogP contribution in [-0.2, 0) is 14.8 Å². The Kier molecular flexibility index (Phi) is 9.80. The molecule has 42 heavy (non-hydrogen) atoms. The van der Waals surface area contributed by atoms with Crippen molar-refractivity contribution in [3.63, 3.8) is 0 Å². The zero-order valence-electron chi connectivity index (χ0n) is 24.2. The minimum atomic E-state index is -3.56. The highest BCUT2D eigenvalue weighted by Crippen LogP contribution is 2.24. The third-order valence-electron chi connectivity index (χ3n) is 7.44. The van der Waals surface area contributed by atoms with Gasteiger partial charge in [0.05, 0.1) is 23.8 Å². The van der Waals surface area contributed by atoms with Crippen LogP contribution in [-0.4, -0.2) is 110 Å². The second-order valence-electron chi connectivity index (χ2n) is 10.8. The third-order valence-corrected chi connectivity index (χ3v) is 9.35. The summed E-state index contributed by atoms with van der Waals surface area (Å²) in [5.41, 5.74) is 2.85. The van der Waals surface area contributed by atoms with Crippen molar-refractivity contribution in [3.05, 3.63) is 66.4 Å². The first kappa shape index (κ1) is 30.1. The topological polar surface area (TPSA) is 120 Å². The Morgan fingerprint density at radius 1 is 0.929 bits per heavy atom. The van der Waals surface area contributed by atoms with Crippen LogP contribution < -0.4 is 10.6 Å². The molecule has 1 amide bonds. The average Bonchev–Trinajstić information content (AvgIpc) is 3.02. The van der Waals surface area contributed by atoms with Crippen LogP contribution in [0, 0.1) is 0 Å². The molecule has 0 saturated carbocycles. The number of sulfonamides is 1. The first-order valence-corrected chi connectivity index (χ1v) is 15.9. The van der Waals surface area contributed by atoms with Gasteiger partial charge >= 0.3 is 0 Å². The summed E-state index contributed by atoms with van der Waals surface area (Å²) in [7, 11) is -3.56. The monoisotopic (exact) mass is 593 g/mol. The van der Waals surface area contributed by atoms with Crippen molar-refractivity contribution in [3.8, 4) is 11.3 Å². The van der Waals surface area contributed by atoms with Gasteiger partial charge < -0.3 is 20.3 Å². The molecule has 3 aromatic rings. The zero-order valence-corrected chi connectivity index (χ0v) is 25.0. The molecule has 2 aromatic carbocycles. The lowest BCUT2D eigenvalue weighted by Crippen LogP contribution is -2.50. The van der Waals surface area contributed by atoms with Crippen molar-refractivity contribution < 1.29 is 17.9 Å². The van der Waals surface area contributed by atoms with E-state index in [-0.39, 0.29) is 10.8 Å². The minimum absolute atomic E-state index is 0.0406. The number of carbonyl (C=O) groups is 1. The third kappa shape index (κ3) is 7.50. The Morgan fingerprint density at radius 2 is 1.62 bits per heavy atom. The van der Waals surface area contributed by atoms with Gasteiger partial charge in [0.15, 0.2) is 0 Å². The smallest absolute Gasteiger partial charge is 0.253 e. The van der Waals surface area contributed by atoms with E-state index in [2.05, 4.69) is 39.3 Å². The maximum Gasteiger partial charge on any atom is 0.253 e. The number of morpholine rings is 1. The van der Waals surface area contributed by atoms with E-state index in [0.717, 1.165) is 50.5 Å². The summed E-state index contributed by atoms with van der Waals surface area (Å²) in [5, 5.41) is 6.64. The van der Waals surface area contributed by atoms with Crippen LogP contribution >= 0.6 is 0 Å². The average molecular weight is 594 g/mol. The van der Waals surface area contributed by atoms with E-state index in [1.165, 1.54) is 4.31 Å². The summed E-state index contributed by atoms with van der Waals surface area (Å²) in [6, 6.07) is 16.3. The van der Waals surface area contributed by atoms with E-state index >= 15 is 0 Å². The molecule has 3 heterocycles.